The summed E-state index contributed by atoms with van der Waals surface area (Å²) in [5, 5.41) is 6.50. The average molecular weight is 339 g/mol. The summed E-state index contributed by atoms with van der Waals surface area (Å²) in [7, 11) is 3.27. The number of amides is 2. The average Bonchev–Trinajstić information content (AvgIpc) is 2.95. The number of aryl methyl sites for hydroxylation is 1. The van der Waals surface area contributed by atoms with Crippen LogP contribution in [0.25, 0.3) is 0 Å². The van der Waals surface area contributed by atoms with E-state index >= 15 is 0 Å². The molecule has 1 N–H and O–H groups in total. The molecule has 1 aromatic carbocycles. The maximum atomic E-state index is 13.2. The highest BCUT2D eigenvalue weighted by Gasteiger charge is 2.25. The van der Waals surface area contributed by atoms with Crippen LogP contribution in [0.1, 0.15) is 18.5 Å². The maximum absolute atomic E-state index is 13.2. The molecule has 0 spiro atoms. The number of nitrogens with one attached hydrogen (secondary N) is 1. The summed E-state index contributed by atoms with van der Waals surface area (Å²) in [5.74, 6) is -2.22. The van der Waals surface area contributed by atoms with Crippen LogP contribution in [0.15, 0.2) is 30.6 Å². The number of carbonyl (C=O) groups is 2. The fourth-order valence-electron chi connectivity index (χ4n) is 1.98. The van der Waals surface area contributed by atoms with Gasteiger partial charge in [-0.3, -0.25) is 14.3 Å². The highest BCUT2D eigenvalue weighted by atomic mass is 35.5. The summed E-state index contributed by atoms with van der Waals surface area (Å²) in [5.41, 5.74) is 0.840. The Labute approximate surface area is 137 Å². The molecular weight excluding hydrogens is 323 g/mol. The SMILES string of the molecule is CC(c1cnn(C)c1)N(C)C(=O)C(=O)Nc1cc(F)ccc1Cl. The van der Waals surface area contributed by atoms with Gasteiger partial charge < -0.3 is 10.2 Å². The van der Waals surface area contributed by atoms with Crippen molar-refractivity contribution in [3.63, 3.8) is 0 Å². The first kappa shape index (κ1) is 17.0. The van der Waals surface area contributed by atoms with Crippen LogP contribution in [0.3, 0.4) is 0 Å². The minimum Gasteiger partial charge on any atom is -0.331 e. The zero-order chi connectivity index (χ0) is 17.1. The molecular formula is C15H16ClFN4O2. The number of hydrogen-bond donors (Lipinski definition) is 1. The van der Waals surface area contributed by atoms with E-state index in [2.05, 4.69) is 10.4 Å². The Morgan fingerprint density at radius 3 is 2.74 bits per heavy atom. The van der Waals surface area contributed by atoms with E-state index in [0.717, 1.165) is 17.7 Å². The smallest absolute Gasteiger partial charge is 0.313 e. The number of nitrogens with zero attached hydrogens (tertiary/aromatic N) is 3. The van der Waals surface area contributed by atoms with Gasteiger partial charge in [0.05, 0.1) is 22.9 Å². The summed E-state index contributed by atoms with van der Waals surface area (Å²) >= 11 is 5.87. The van der Waals surface area contributed by atoms with Crippen LogP contribution in [-0.2, 0) is 16.6 Å². The second kappa shape index (κ2) is 6.78. The van der Waals surface area contributed by atoms with Gasteiger partial charge in [-0.05, 0) is 25.1 Å². The van der Waals surface area contributed by atoms with Crippen molar-refractivity contribution in [1.82, 2.24) is 14.7 Å². The second-order valence-electron chi connectivity index (χ2n) is 5.12. The van der Waals surface area contributed by atoms with E-state index in [0.29, 0.717) is 0 Å². The molecule has 0 aliphatic rings. The minimum atomic E-state index is -0.893. The van der Waals surface area contributed by atoms with E-state index in [1.165, 1.54) is 18.0 Å². The zero-order valence-corrected chi connectivity index (χ0v) is 13.6. The van der Waals surface area contributed by atoms with Crippen LogP contribution in [0.5, 0.6) is 0 Å². The number of halogens is 2. The lowest BCUT2D eigenvalue weighted by Gasteiger charge is -2.23. The van der Waals surface area contributed by atoms with Gasteiger partial charge in [-0.1, -0.05) is 11.6 Å². The van der Waals surface area contributed by atoms with Crippen molar-refractivity contribution < 1.29 is 14.0 Å². The molecule has 8 heteroatoms. The van der Waals surface area contributed by atoms with E-state index in [1.54, 1.807) is 31.0 Å². The molecule has 6 nitrogen and oxygen atoms in total. The molecule has 1 unspecified atom stereocenters. The maximum Gasteiger partial charge on any atom is 0.313 e. The number of hydrogen-bond acceptors (Lipinski definition) is 3. The van der Waals surface area contributed by atoms with Gasteiger partial charge in [0.15, 0.2) is 0 Å². The van der Waals surface area contributed by atoms with Crippen LogP contribution in [0.4, 0.5) is 10.1 Å². The summed E-state index contributed by atoms with van der Waals surface area (Å²) in [6, 6.07) is 3.18. The first-order valence-electron chi connectivity index (χ1n) is 6.81. The quantitative estimate of drug-likeness (QED) is 0.874. The van der Waals surface area contributed by atoms with Crippen molar-refractivity contribution in [2.24, 2.45) is 7.05 Å². The Balaban J connectivity index is 2.09. The molecule has 2 amide bonds. The lowest BCUT2D eigenvalue weighted by atomic mass is 10.1. The fourth-order valence-corrected chi connectivity index (χ4v) is 2.15. The van der Waals surface area contributed by atoms with Crippen LogP contribution in [0.2, 0.25) is 5.02 Å². The van der Waals surface area contributed by atoms with Gasteiger partial charge in [0.1, 0.15) is 5.82 Å². The highest BCUT2D eigenvalue weighted by Crippen LogP contribution is 2.23. The van der Waals surface area contributed by atoms with Crippen LogP contribution in [0, 0.1) is 5.82 Å². The monoisotopic (exact) mass is 338 g/mol. The molecule has 1 atom stereocenters. The normalized spacial score (nSPS) is 11.9. The van der Waals surface area contributed by atoms with E-state index < -0.39 is 17.6 Å². The third kappa shape index (κ3) is 3.87. The van der Waals surface area contributed by atoms with E-state index in [4.69, 9.17) is 11.6 Å². The van der Waals surface area contributed by atoms with Crippen molar-refractivity contribution in [3.05, 3.63) is 47.0 Å². The number of likely N-dealkylation sites (N-methyl/N-ethyl adjacent to an activating group) is 1. The van der Waals surface area contributed by atoms with Crippen LogP contribution < -0.4 is 5.32 Å². The van der Waals surface area contributed by atoms with Crippen molar-refractivity contribution in [2.75, 3.05) is 12.4 Å². The molecule has 0 saturated heterocycles. The third-order valence-electron chi connectivity index (χ3n) is 3.48. The van der Waals surface area contributed by atoms with Gasteiger partial charge in [-0.2, -0.15) is 5.10 Å². The second-order valence-corrected chi connectivity index (χ2v) is 5.52. The van der Waals surface area contributed by atoms with Gasteiger partial charge >= 0.3 is 11.8 Å². The van der Waals surface area contributed by atoms with Gasteiger partial charge in [0.2, 0.25) is 0 Å². The predicted molar refractivity (Wildman–Crippen MR) is 84.4 cm³/mol. The number of anilines is 1. The standard InChI is InChI=1S/C15H16ClFN4O2/c1-9(10-7-18-20(2)8-10)21(3)15(23)14(22)19-13-6-11(17)4-5-12(13)16/h4-9H,1-3H3,(H,19,22). The van der Waals surface area contributed by atoms with Gasteiger partial charge in [-0.25, -0.2) is 4.39 Å². The van der Waals surface area contributed by atoms with Gasteiger partial charge in [0, 0.05) is 25.9 Å². The Morgan fingerprint density at radius 2 is 2.13 bits per heavy atom. The van der Waals surface area contributed by atoms with Gasteiger partial charge in [0.25, 0.3) is 0 Å². The highest BCUT2D eigenvalue weighted by molar-refractivity contribution is 6.41. The van der Waals surface area contributed by atoms with Crippen LogP contribution >= 0.6 is 11.6 Å². The van der Waals surface area contributed by atoms with Gasteiger partial charge in [-0.15, -0.1) is 0 Å². The lowest BCUT2D eigenvalue weighted by molar-refractivity contribution is -0.143. The van der Waals surface area contributed by atoms with Crippen molar-refractivity contribution in [1.29, 1.82) is 0 Å². The molecule has 0 radical (unpaired) electrons. The first-order chi connectivity index (χ1) is 10.8. The van der Waals surface area contributed by atoms with E-state index in [-0.39, 0.29) is 16.8 Å². The van der Waals surface area contributed by atoms with Crippen LogP contribution in [-0.4, -0.2) is 33.5 Å². The Hall–Kier alpha value is -2.41. The van der Waals surface area contributed by atoms with E-state index in [9.17, 15) is 14.0 Å². The Bertz CT molecular complexity index is 747. The molecule has 2 rings (SSSR count). The largest absolute Gasteiger partial charge is 0.331 e. The third-order valence-corrected chi connectivity index (χ3v) is 3.81. The summed E-state index contributed by atoms with van der Waals surface area (Å²) in [4.78, 5) is 25.5. The molecule has 0 aliphatic carbocycles. The molecule has 2 aromatic rings. The number of aromatic nitrogens is 2. The molecule has 0 fully saturated rings. The molecule has 1 heterocycles. The molecule has 1 aromatic heterocycles. The Morgan fingerprint density at radius 1 is 1.43 bits per heavy atom. The fraction of sp³-hybridized carbons (Fsp3) is 0.267. The predicted octanol–water partition coefficient (Wildman–Crippen LogP) is 2.37. The van der Waals surface area contributed by atoms with E-state index in [1.807, 2.05) is 0 Å². The Kier molecular flexibility index (Phi) is 5.00. The summed E-state index contributed by atoms with van der Waals surface area (Å²) in [6.07, 6.45) is 3.38. The summed E-state index contributed by atoms with van der Waals surface area (Å²) in [6.45, 7) is 1.78. The van der Waals surface area contributed by atoms with Crippen molar-refractivity contribution in [3.8, 4) is 0 Å². The summed E-state index contributed by atoms with van der Waals surface area (Å²) < 4.78 is 14.8. The molecule has 122 valence electrons. The topological polar surface area (TPSA) is 67.2 Å². The zero-order valence-electron chi connectivity index (χ0n) is 12.9. The molecule has 0 aliphatic heterocycles. The number of carbonyl (C=O) groups excluding carboxylic acids is 2. The molecule has 23 heavy (non-hydrogen) atoms. The number of rotatable bonds is 3. The molecule has 0 bridgehead atoms. The minimum absolute atomic E-state index is 0.0486. The van der Waals surface area contributed by atoms with Crippen molar-refractivity contribution in [2.45, 2.75) is 13.0 Å². The molecule has 0 saturated carbocycles. The lowest BCUT2D eigenvalue weighted by Crippen LogP contribution is -2.38. The first-order valence-corrected chi connectivity index (χ1v) is 7.19. The number of benzene rings is 1. The van der Waals surface area contributed by atoms with Crippen molar-refractivity contribution >= 4 is 29.1 Å².